The maximum absolute atomic E-state index is 12.8. The van der Waals surface area contributed by atoms with Gasteiger partial charge in [-0.25, -0.2) is 0 Å². The van der Waals surface area contributed by atoms with E-state index in [4.69, 9.17) is 11.6 Å². The van der Waals surface area contributed by atoms with Gasteiger partial charge in [-0.3, -0.25) is 4.79 Å². The largest absolute Gasteiger partial charge is 0.336 e. The number of halogens is 1. The van der Waals surface area contributed by atoms with Crippen LogP contribution in [-0.4, -0.2) is 37.0 Å². The number of piperidine rings is 1. The van der Waals surface area contributed by atoms with Crippen molar-refractivity contribution < 1.29 is 4.79 Å². The van der Waals surface area contributed by atoms with Crippen LogP contribution in [0.2, 0.25) is 5.02 Å². The second kappa shape index (κ2) is 7.09. The van der Waals surface area contributed by atoms with Gasteiger partial charge in [-0.05, 0) is 70.0 Å². The van der Waals surface area contributed by atoms with Gasteiger partial charge >= 0.3 is 0 Å². The number of hydrogen-bond donors (Lipinski definition) is 1. The fourth-order valence-corrected chi connectivity index (χ4v) is 3.13. The fraction of sp³-hybridized carbons (Fsp3) is 0.562. The summed E-state index contributed by atoms with van der Waals surface area (Å²) in [6, 6.07) is 5.87. The molecule has 1 fully saturated rings. The Hall–Kier alpha value is -1.06. The summed E-state index contributed by atoms with van der Waals surface area (Å²) < 4.78 is 0. The Labute approximate surface area is 126 Å². The topological polar surface area (TPSA) is 32.3 Å². The molecule has 1 aliphatic heterocycles. The summed E-state index contributed by atoms with van der Waals surface area (Å²) in [4.78, 5) is 14.8. The van der Waals surface area contributed by atoms with Gasteiger partial charge in [0, 0.05) is 23.2 Å². The van der Waals surface area contributed by atoms with E-state index in [1.807, 2.05) is 26.1 Å². The Morgan fingerprint density at radius 3 is 2.95 bits per heavy atom. The van der Waals surface area contributed by atoms with Crippen molar-refractivity contribution in [1.29, 1.82) is 0 Å². The molecule has 1 aromatic rings. The Morgan fingerprint density at radius 2 is 2.25 bits per heavy atom. The van der Waals surface area contributed by atoms with Crippen molar-refractivity contribution in [2.45, 2.75) is 38.6 Å². The predicted molar refractivity (Wildman–Crippen MR) is 83.4 cm³/mol. The highest BCUT2D eigenvalue weighted by Crippen LogP contribution is 2.24. The first-order valence-electron chi connectivity index (χ1n) is 7.35. The Morgan fingerprint density at radius 1 is 1.45 bits per heavy atom. The first-order valence-corrected chi connectivity index (χ1v) is 7.73. The molecule has 1 aromatic carbocycles. The molecule has 0 aliphatic carbocycles. The molecule has 3 nitrogen and oxygen atoms in total. The number of amides is 1. The summed E-state index contributed by atoms with van der Waals surface area (Å²) in [6.45, 7) is 3.77. The molecule has 110 valence electrons. The smallest absolute Gasteiger partial charge is 0.254 e. The molecule has 1 saturated heterocycles. The van der Waals surface area contributed by atoms with Crippen LogP contribution in [0, 0.1) is 6.92 Å². The first-order chi connectivity index (χ1) is 9.63. The third-order valence-electron chi connectivity index (χ3n) is 4.03. The van der Waals surface area contributed by atoms with E-state index in [-0.39, 0.29) is 5.91 Å². The molecule has 0 spiro atoms. The molecule has 1 unspecified atom stereocenters. The molecule has 0 saturated carbocycles. The average Bonchev–Trinajstić information content (AvgIpc) is 2.45. The van der Waals surface area contributed by atoms with Gasteiger partial charge < -0.3 is 10.2 Å². The lowest BCUT2D eigenvalue weighted by atomic mass is 9.97. The maximum Gasteiger partial charge on any atom is 0.254 e. The summed E-state index contributed by atoms with van der Waals surface area (Å²) in [5, 5.41) is 3.86. The quantitative estimate of drug-likeness (QED) is 0.924. The third-order valence-corrected chi connectivity index (χ3v) is 4.27. The number of aryl methyl sites for hydroxylation is 1. The van der Waals surface area contributed by atoms with Gasteiger partial charge in [0.25, 0.3) is 5.91 Å². The highest BCUT2D eigenvalue weighted by Gasteiger charge is 2.27. The predicted octanol–water partition coefficient (Wildman–Crippen LogP) is 3.25. The lowest BCUT2D eigenvalue weighted by molar-refractivity contribution is 0.0602. The molecule has 0 aromatic heterocycles. The van der Waals surface area contributed by atoms with Crippen LogP contribution < -0.4 is 5.32 Å². The summed E-state index contributed by atoms with van der Waals surface area (Å²) in [6.07, 6.45) is 4.46. The van der Waals surface area contributed by atoms with Crippen molar-refractivity contribution in [3.63, 3.8) is 0 Å². The molecule has 2 rings (SSSR count). The van der Waals surface area contributed by atoms with Crippen LogP contribution in [0.1, 0.15) is 41.6 Å². The van der Waals surface area contributed by atoms with E-state index < -0.39 is 0 Å². The first kappa shape index (κ1) is 15.3. The highest BCUT2D eigenvalue weighted by atomic mass is 35.5. The van der Waals surface area contributed by atoms with Gasteiger partial charge in [0.1, 0.15) is 0 Å². The van der Waals surface area contributed by atoms with Crippen LogP contribution in [0.15, 0.2) is 18.2 Å². The minimum Gasteiger partial charge on any atom is -0.336 e. The van der Waals surface area contributed by atoms with Crippen LogP contribution in [0.25, 0.3) is 0 Å². The molecule has 0 radical (unpaired) electrons. The van der Waals surface area contributed by atoms with E-state index in [9.17, 15) is 4.79 Å². The zero-order valence-electron chi connectivity index (χ0n) is 12.3. The van der Waals surface area contributed by atoms with E-state index in [1.165, 1.54) is 6.42 Å². The SMILES string of the molecule is CNCCC1CCCCN1C(=O)c1ccc(Cl)cc1C. The Bertz CT molecular complexity index is 476. The van der Waals surface area contributed by atoms with Crippen LogP contribution >= 0.6 is 11.6 Å². The zero-order chi connectivity index (χ0) is 14.5. The molecule has 1 atom stereocenters. The minimum atomic E-state index is 0.153. The number of nitrogens with zero attached hydrogens (tertiary/aromatic N) is 1. The third kappa shape index (κ3) is 3.53. The Balaban J connectivity index is 2.16. The standard InChI is InChI=1S/C16H23ClN2O/c1-12-11-13(17)6-7-15(12)16(20)19-10-4-3-5-14(19)8-9-18-2/h6-7,11,14,18H,3-5,8-10H2,1-2H3. The second-order valence-corrected chi connectivity index (χ2v) is 5.94. The van der Waals surface area contributed by atoms with Crippen molar-refractivity contribution in [2.24, 2.45) is 0 Å². The molecule has 0 bridgehead atoms. The lowest BCUT2D eigenvalue weighted by Crippen LogP contribution is -2.45. The van der Waals surface area contributed by atoms with Crippen LogP contribution in [-0.2, 0) is 0 Å². The second-order valence-electron chi connectivity index (χ2n) is 5.50. The number of hydrogen-bond acceptors (Lipinski definition) is 2. The summed E-state index contributed by atoms with van der Waals surface area (Å²) in [5.41, 5.74) is 1.74. The lowest BCUT2D eigenvalue weighted by Gasteiger charge is -2.36. The highest BCUT2D eigenvalue weighted by molar-refractivity contribution is 6.30. The van der Waals surface area contributed by atoms with Crippen molar-refractivity contribution in [2.75, 3.05) is 20.1 Å². The van der Waals surface area contributed by atoms with Gasteiger partial charge in [0.2, 0.25) is 0 Å². The van der Waals surface area contributed by atoms with Crippen LogP contribution in [0.4, 0.5) is 0 Å². The normalized spacial score (nSPS) is 19.1. The average molecular weight is 295 g/mol. The van der Waals surface area contributed by atoms with E-state index in [2.05, 4.69) is 10.2 Å². The number of likely N-dealkylation sites (tertiary alicyclic amines) is 1. The molecular weight excluding hydrogens is 272 g/mol. The van der Waals surface area contributed by atoms with Gasteiger partial charge in [-0.1, -0.05) is 11.6 Å². The number of rotatable bonds is 4. The van der Waals surface area contributed by atoms with Gasteiger partial charge in [-0.2, -0.15) is 0 Å². The van der Waals surface area contributed by atoms with E-state index in [0.717, 1.165) is 43.5 Å². The van der Waals surface area contributed by atoms with Gasteiger partial charge in [-0.15, -0.1) is 0 Å². The minimum absolute atomic E-state index is 0.153. The maximum atomic E-state index is 12.8. The molecule has 4 heteroatoms. The summed E-state index contributed by atoms with van der Waals surface area (Å²) in [7, 11) is 1.96. The van der Waals surface area contributed by atoms with Crippen molar-refractivity contribution in [1.82, 2.24) is 10.2 Å². The monoisotopic (exact) mass is 294 g/mol. The molecule has 1 N–H and O–H groups in total. The number of benzene rings is 1. The van der Waals surface area contributed by atoms with Crippen molar-refractivity contribution in [3.8, 4) is 0 Å². The Kier molecular flexibility index (Phi) is 5.44. The molecule has 1 amide bonds. The van der Waals surface area contributed by atoms with Crippen LogP contribution in [0.5, 0.6) is 0 Å². The molecular formula is C16H23ClN2O. The van der Waals surface area contributed by atoms with E-state index in [1.54, 1.807) is 6.07 Å². The number of carbonyl (C=O) groups is 1. The van der Waals surface area contributed by atoms with Crippen molar-refractivity contribution in [3.05, 3.63) is 34.3 Å². The molecule has 1 heterocycles. The zero-order valence-corrected chi connectivity index (χ0v) is 13.0. The molecule has 20 heavy (non-hydrogen) atoms. The van der Waals surface area contributed by atoms with Gasteiger partial charge in [0.15, 0.2) is 0 Å². The van der Waals surface area contributed by atoms with Crippen molar-refractivity contribution >= 4 is 17.5 Å². The van der Waals surface area contributed by atoms with E-state index >= 15 is 0 Å². The summed E-state index contributed by atoms with van der Waals surface area (Å²) >= 11 is 5.97. The van der Waals surface area contributed by atoms with E-state index in [0.29, 0.717) is 11.1 Å². The number of carbonyl (C=O) groups excluding carboxylic acids is 1. The number of nitrogens with one attached hydrogen (secondary N) is 1. The fourth-order valence-electron chi connectivity index (χ4n) is 2.90. The molecule has 1 aliphatic rings. The van der Waals surface area contributed by atoms with Crippen LogP contribution in [0.3, 0.4) is 0 Å². The van der Waals surface area contributed by atoms with Gasteiger partial charge in [0.05, 0.1) is 0 Å². The summed E-state index contributed by atoms with van der Waals surface area (Å²) in [5.74, 6) is 0.153.